The maximum atomic E-state index is 13.6. The summed E-state index contributed by atoms with van der Waals surface area (Å²) in [5.41, 5.74) is -0.432. The van der Waals surface area contributed by atoms with Crippen LogP contribution in [0.5, 0.6) is 0 Å². The summed E-state index contributed by atoms with van der Waals surface area (Å²) in [6.45, 7) is 0. The summed E-state index contributed by atoms with van der Waals surface area (Å²) < 4.78 is 57.3. The van der Waals surface area contributed by atoms with Crippen molar-refractivity contribution in [2.24, 2.45) is 0 Å². The van der Waals surface area contributed by atoms with Crippen LogP contribution in [0.25, 0.3) is 28.2 Å². The molecule has 11 heteroatoms. The molecule has 1 aromatic carbocycles. The second kappa shape index (κ2) is 5.51. The quantitative estimate of drug-likeness (QED) is 0.436. The van der Waals surface area contributed by atoms with Gasteiger partial charge in [-0.2, -0.15) is 27.6 Å². The third kappa shape index (κ3) is 2.62. The first kappa shape index (κ1) is 16.0. The molecule has 0 spiro atoms. The van der Waals surface area contributed by atoms with Crippen LogP contribution in [0.1, 0.15) is 5.56 Å². The molecule has 4 rings (SSSR count). The number of fused-ring (bicyclic) bond motifs is 1. The number of H-pyrrole nitrogens is 1. The van der Waals surface area contributed by atoms with Crippen LogP contribution in [-0.2, 0) is 6.18 Å². The van der Waals surface area contributed by atoms with Crippen molar-refractivity contribution >= 4 is 11.0 Å². The Morgan fingerprint density at radius 1 is 1.08 bits per heavy atom. The van der Waals surface area contributed by atoms with Gasteiger partial charge in [0.1, 0.15) is 5.69 Å². The van der Waals surface area contributed by atoms with Crippen molar-refractivity contribution in [3.05, 3.63) is 58.5 Å². The van der Waals surface area contributed by atoms with Crippen LogP contribution in [0, 0.1) is 5.95 Å². The maximum absolute atomic E-state index is 13.6. The molecule has 0 fully saturated rings. The predicted molar refractivity (Wildman–Crippen MR) is 79.9 cm³/mol. The molecular weight excluding hydrogens is 358 g/mol. The molecule has 0 aliphatic heterocycles. The van der Waals surface area contributed by atoms with Gasteiger partial charge in [-0.25, -0.2) is 9.48 Å². The Labute approximate surface area is 140 Å². The van der Waals surface area contributed by atoms with Gasteiger partial charge in [0.15, 0.2) is 5.65 Å². The highest BCUT2D eigenvalue weighted by atomic mass is 19.4. The molecule has 3 aromatic heterocycles. The fourth-order valence-corrected chi connectivity index (χ4v) is 2.45. The summed E-state index contributed by atoms with van der Waals surface area (Å²) in [7, 11) is 0. The number of rotatable bonds is 2. The zero-order valence-electron chi connectivity index (χ0n) is 12.6. The molecule has 0 unspecified atom stereocenters. The fourth-order valence-electron chi connectivity index (χ4n) is 2.45. The number of aromatic nitrogens is 5. The van der Waals surface area contributed by atoms with E-state index in [1.54, 1.807) is 0 Å². The molecule has 0 saturated carbocycles. The van der Waals surface area contributed by atoms with E-state index < -0.39 is 23.4 Å². The molecule has 132 valence electrons. The Morgan fingerprint density at radius 3 is 2.42 bits per heavy atom. The van der Waals surface area contributed by atoms with E-state index in [4.69, 9.17) is 0 Å². The minimum Gasteiger partial charge on any atom is -0.296 e. The largest absolute Gasteiger partial charge is 0.439 e. The van der Waals surface area contributed by atoms with Crippen molar-refractivity contribution < 1.29 is 22.1 Å². The van der Waals surface area contributed by atoms with Gasteiger partial charge in [-0.3, -0.25) is 9.51 Å². The zero-order valence-corrected chi connectivity index (χ0v) is 12.6. The van der Waals surface area contributed by atoms with Crippen LogP contribution < -0.4 is 5.76 Å². The third-order valence-corrected chi connectivity index (χ3v) is 3.60. The third-order valence-electron chi connectivity index (χ3n) is 3.60. The first-order valence-corrected chi connectivity index (χ1v) is 7.12. The van der Waals surface area contributed by atoms with Crippen molar-refractivity contribution in [3.8, 4) is 17.2 Å². The molecule has 0 saturated heterocycles. The molecule has 0 amide bonds. The zero-order chi connectivity index (χ0) is 18.5. The lowest BCUT2D eigenvalue weighted by molar-refractivity contribution is -0.137. The highest BCUT2D eigenvalue weighted by Gasteiger charge is 2.30. The van der Waals surface area contributed by atoms with E-state index in [9.17, 15) is 22.4 Å². The number of pyridine rings is 1. The standard InChI is InChI=1S/C15H7F4N5O2/c16-10-6-5-9-11(12-21-14(25)26-23-12)22-24(13(9)20-10)8-3-1-7(2-4-8)15(17,18)19/h1-6H,(H,21,23,25). The molecule has 4 aromatic rings. The topological polar surface area (TPSA) is 89.6 Å². The summed E-state index contributed by atoms with van der Waals surface area (Å²) in [6.07, 6.45) is -4.49. The molecule has 3 heterocycles. The van der Waals surface area contributed by atoms with E-state index in [0.717, 1.165) is 22.9 Å². The average molecular weight is 365 g/mol. The highest BCUT2D eigenvalue weighted by Crippen LogP contribution is 2.31. The molecule has 0 bridgehead atoms. The lowest BCUT2D eigenvalue weighted by Crippen LogP contribution is -2.05. The predicted octanol–water partition coefficient (Wildman–Crippen LogP) is 2.92. The summed E-state index contributed by atoms with van der Waals surface area (Å²) in [4.78, 5) is 17.2. The molecule has 0 radical (unpaired) electrons. The van der Waals surface area contributed by atoms with E-state index in [1.165, 1.54) is 18.2 Å². The Hall–Kier alpha value is -3.50. The molecule has 0 aliphatic carbocycles. The van der Waals surface area contributed by atoms with E-state index in [0.29, 0.717) is 5.39 Å². The summed E-state index contributed by atoms with van der Waals surface area (Å²) >= 11 is 0. The van der Waals surface area contributed by atoms with Crippen LogP contribution in [0.2, 0.25) is 0 Å². The van der Waals surface area contributed by atoms with Gasteiger partial charge in [-0.15, -0.1) is 0 Å². The molecule has 1 N–H and O–H groups in total. The smallest absolute Gasteiger partial charge is 0.296 e. The van der Waals surface area contributed by atoms with Gasteiger partial charge < -0.3 is 0 Å². The van der Waals surface area contributed by atoms with E-state index >= 15 is 0 Å². The number of hydrogen-bond donors (Lipinski definition) is 1. The number of benzene rings is 1. The van der Waals surface area contributed by atoms with Crippen LogP contribution >= 0.6 is 0 Å². The number of nitrogens with zero attached hydrogens (tertiary/aromatic N) is 4. The first-order valence-electron chi connectivity index (χ1n) is 7.12. The van der Waals surface area contributed by atoms with Gasteiger partial charge in [0.2, 0.25) is 11.8 Å². The lowest BCUT2D eigenvalue weighted by Gasteiger charge is -2.08. The Balaban J connectivity index is 1.92. The van der Waals surface area contributed by atoms with Crippen molar-refractivity contribution in [3.63, 3.8) is 0 Å². The Bertz CT molecular complexity index is 1160. The minimum absolute atomic E-state index is 0.0148. The average Bonchev–Trinajstić information content (AvgIpc) is 3.17. The van der Waals surface area contributed by atoms with Crippen molar-refractivity contribution in [2.75, 3.05) is 0 Å². The van der Waals surface area contributed by atoms with Crippen LogP contribution in [0.3, 0.4) is 0 Å². The summed E-state index contributed by atoms with van der Waals surface area (Å²) in [6, 6.07) is 6.56. The van der Waals surface area contributed by atoms with Gasteiger partial charge in [0, 0.05) is 0 Å². The number of hydrogen-bond acceptors (Lipinski definition) is 5. The number of nitrogens with one attached hydrogen (secondary N) is 1. The number of halogens is 4. The van der Waals surface area contributed by atoms with E-state index in [1.807, 2.05) is 0 Å². The van der Waals surface area contributed by atoms with Crippen LogP contribution in [0.4, 0.5) is 17.6 Å². The lowest BCUT2D eigenvalue weighted by atomic mass is 10.2. The SMILES string of the molecule is O=c1[nH]c(-c2nn(-c3ccc(C(F)(F)F)cc3)c3nc(F)ccc23)no1. The van der Waals surface area contributed by atoms with E-state index in [-0.39, 0.29) is 22.9 Å². The summed E-state index contributed by atoms with van der Waals surface area (Å²) in [5, 5.41) is 8.04. The molecule has 0 aliphatic rings. The van der Waals surface area contributed by atoms with Gasteiger partial charge in [-0.05, 0) is 36.4 Å². The second-order valence-corrected chi connectivity index (χ2v) is 5.25. The van der Waals surface area contributed by atoms with Crippen molar-refractivity contribution in [2.45, 2.75) is 6.18 Å². The monoisotopic (exact) mass is 365 g/mol. The molecule has 0 atom stereocenters. The Morgan fingerprint density at radius 2 is 1.81 bits per heavy atom. The van der Waals surface area contributed by atoms with Crippen molar-refractivity contribution in [1.29, 1.82) is 0 Å². The second-order valence-electron chi connectivity index (χ2n) is 5.25. The number of alkyl halides is 3. The molecule has 26 heavy (non-hydrogen) atoms. The van der Waals surface area contributed by atoms with Gasteiger partial charge in [-0.1, -0.05) is 5.16 Å². The summed E-state index contributed by atoms with van der Waals surface area (Å²) in [5.74, 6) is -1.63. The minimum atomic E-state index is -4.49. The van der Waals surface area contributed by atoms with E-state index in [2.05, 4.69) is 24.7 Å². The van der Waals surface area contributed by atoms with Gasteiger partial charge in [0.05, 0.1) is 16.6 Å². The first-order chi connectivity index (χ1) is 12.3. The maximum Gasteiger partial charge on any atom is 0.439 e. The Kier molecular flexibility index (Phi) is 3.39. The van der Waals surface area contributed by atoms with Crippen LogP contribution in [0.15, 0.2) is 45.7 Å². The van der Waals surface area contributed by atoms with Gasteiger partial charge in [0.25, 0.3) is 0 Å². The normalized spacial score (nSPS) is 12.0. The van der Waals surface area contributed by atoms with Crippen molar-refractivity contribution in [1.82, 2.24) is 24.9 Å². The number of aromatic amines is 1. The van der Waals surface area contributed by atoms with Crippen LogP contribution in [-0.4, -0.2) is 24.9 Å². The highest BCUT2D eigenvalue weighted by molar-refractivity contribution is 5.90. The molecule has 7 nitrogen and oxygen atoms in total. The fraction of sp³-hybridized carbons (Fsp3) is 0.0667. The van der Waals surface area contributed by atoms with Gasteiger partial charge >= 0.3 is 11.9 Å². The molecular formula is C15H7F4N5O2.